The van der Waals surface area contributed by atoms with Gasteiger partial charge in [0.15, 0.2) is 5.75 Å². The number of imidazole rings is 1. The number of sulfonamides is 1. The van der Waals surface area contributed by atoms with Crippen LogP contribution in [0.25, 0.3) is 11.0 Å². The molecule has 1 N–H and O–H groups in total. The Kier molecular flexibility index (Phi) is 7.35. The van der Waals surface area contributed by atoms with Crippen molar-refractivity contribution in [2.24, 2.45) is 0 Å². The molecule has 2 fully saturated rings. The van der Waals surface area contributed by atoms with Crippen LogP contribution in [0.15, 0.2) is 54.6 Å². The summed E-state index contributed by atoms with van der Waals surface area (Å²) in [4.78, 5) is 7.30. The third kappa shape index (κ3) is 6.02. The predicted octanol–water partition coefficient (Wildman–Crippen LogP) is 5.17. The van der Waals surface area contributed by atoms with E-state index in [9.17, 15) is 21.6 Å². The van der Waals surface area contributed by atoms with Crippen molar-refractivity contribution in [2.75, 3.05) is 18.8 Å². The summed E-state index contributed by atoms with van der Waals surface area (Å²) >= 11 is 0. The average molecular weight is 535 g/mol. The van der Waals surface area contributed by atoms with Crippen LogP contribution in [0.1, 0.15) is 55.5 Å². The molecule has 6 nitrogen and oxygen atoms in total. The standard InChI is InChI=1S/C27H33F3N4O2S/c1-19-32-25-9-5-6-10-26(25)34(19)24-15-22-11-12-23(16-24)33(22)14-13-21(20-7-3-2-4-8-20)17-31-37(35,36)18-27(28,29)30/h2-10,21-24,31H,11-18H2,1H3/t21?,22-,23+,24+. The zero-order valence-corrected chi connectivity index (χ0v) is 21.7. The van der Waals surface area contributed by atoms with Gasteiger partial charge in [0.05, 0.1) is 11.0 Å². The van der Waals surface area contributed by atoms with Crippen LogP contribution in [-0.4, -0.2) is 60.0 Å². The van der Waals surface area contributed by atoms with E-state index >= 15 is 0 Å². The molecule has 2 saturated heterocycles. The lowest BCUT2D eigenvalue weighted by atomic mass is 9.93. The number of halogens is 3. The van der Waals surface area contributed by atoms with Gasteiger partial charge < -0.3 is 4.57 Å². The fourth-order valence-corrected chi connectivity index (χ4v) is 7.35. The van der Waals surface area contributed by atoms with Gasteiger partial charge in [0.25, 0.3) is 0 Å². The Morgan fingerprint density at radius 1 is 1.00 bits per heavy atom. The molecule has 10 heteroatoms. The normalized spacial score (nSPS) is 23.5. The first-order valence-electron chi connectivity index (χ1n) is 12.9. The summed E-state index contributed by atoms with van der Waals surface area (Å²) in [6, 6.07) is 19.0. The number of aryl methyl sites for hydroxylation is 1. The maximum Gasteiger partial charge on any atom is 0.404 e. The summed E-state index contributed by atoms with van der Waals surface area (Å²) in [6.45, 7) is 2.80. The molecule has 200 valence electrons. The predicted molar refractivity (Wildman–Crippen MR) is 138 cm³/mol. The van der Waals surface area contributed by atoms with E-state index in [1.807, 2.05) is 36.4 Å². The van der Waals surface area contributed by atoms with E-state index in [4.69, 9.17) is 4.98 Å². The highest BCUT2D eigenvalue weighted by Gasteiger charge is 2.42. The van der Waals surface area contributed by atoms with Crippen LogP contribution in [-0.2, 0) is 10.0 Å². The van der Waals surface area contributed by atoms with E-state index in [0.717, 1.165) is 49.1 Å². The number of nitrogens with zero attached hydrogens (tertiary/aromatic N) is 3. The van der Waals surface area contributed by atoms with Gasteiger partial charge in [-0.3, -0.25) is 4.90 Å². The van der Waals surface area contributed by atoms with Crippen molar-refractivity contribution < 1.29 is 21.6 Å². The first kappa shape index (κ1) is 26.2. The molecule has 3 aromatic rings. The second-order valence-corrected chi connectivity index (χ2v) is 12.2. The van der Waals surface area contributed by atoms with Crippen LogP contribution in [0.5, 0.6) is 0 Å². The highest BCUT2D eigenvalue weighted by Crippen LogP contribution is 2.42. The summed E-state index contributed by atoms with van der Waals surface area (Å²) in [6.07, 6.45) is 0.222. The van der Waals surface area contributed by atoms with E-state index in [0.29, 0.717) is 24.5 Å². The van der Waals surface area contributed by atoms with Gasteiger partial charge in [-0.25, -0.2) is 18.1 Å². The lowest BCUT2D eigenvalue weighted by Crippen LogP contribution is -2.44. The molecule has 5 rings (SSSR count). The van der Waals surface area contributed by atoms with Crippen molar-refractivity contribution in [3.63, 3.8) is 0 Å². The molecule has 0 radical (unpaired) electrons. The van der Waals surface area contributed by atoms with Crippen molar-refractivity contribution in [2.45, 2.75) is 69.2 Å². The number of fused-ring (bicyclic) bond motifs is 3. The van der Waals surface area contributed by atoms with Crippen molar-refractivity contribution >= 4 is 21.1 Å². The molecule has 0 spiro atoms. The molecule has 1 aromatic heterocycles. The van der Waals surface area contributed by atoms with Crippen LogP contribution in [0.3, 0.4) is 0 Å². The molecule has 0 aliphatic carbocycles. The minimum Gasteiger partial charge on any atom is -0.325 e. The Morgan fingerprint density at radius 2 is 1.65 bits per heavy atom. The van der Waals surface area contributed by atoms with Gasteiger partial charge in [-0.05, 0) is 69.2 Å². The SMILES string of the molecule is Cc1nc2ccccc2n1[C@H]1C[C@H]2CC[C@@H](C1)N2CCC(CNS(=O)(=O)CC(F)(F)F)c1ccccc1. The second kappa shape index (κ2) is 10.4. The van der Waals surface area contributed by atoms with E-state index in [1.54, 1.807) is 0 Å². The second-order valence-electron chi connectivity index (χ2n) is 10.4. The van der Waals surface area contributed by atoms with Gasteiger partial charge in [-0.15, -0.1) is 0 Å². The molecule has 3 heterocycles. The maximum absolute atomic E-state index is 12.7. The average Bonchev–Trinajstić information content (AvgIpc) is 3.29. The molecule has 2 aliphatic heterocycles. The minimum absolute atomic E-state index is 0.0472. The summed E-state index contributed by atoms with van der Waals surface area (Å²) < 4.78 is 66.7. The Bertz CT molecular complexity index is 1310. The van der Waals surface area contributed by atoms with Crippen LogP contribution in [0.4, 0.5) is 13.2 Å². The topological polar surface area (TPSA) is 67.2 Å². The van der Waals surface area contributed by atoms with E-state index in [2.05, 4.69) is 39.3 Å². The van der Waals surface area contributed by atoms with Gasteiger partial charge in [0.1, 0.15) is 5.82 Å². The molecule has 2 aromatic carbocycles. The number of aromatic nitrogens is 2. The fraction of sp³-hybridized carbons (Fsp3) is 0.519. The van der Waals surface area contributed by atoms with Crippen molar-refractivity contribution in [1.82, 2.24) is 19.2 Å². The molecule has 2 bridgehead atoms. The van der Waals surface area contributed by atoms with Crippen molar-refractivity contribution in [1.29, 1.82) is 0 Å². The van der Waals surface area contributed by atoms with E-state index in [1.165, 1.54) is 5.52 Å². The number of hydrogen-bond acceptors (Lipinski definition) is 4. The lowest BCUT2D eigenvalue weighted by molar-refractivity contribution is -0.106. The number of benzene rings is 2. The molecule has 0 amide bonds. The molecule has 2 aliphatic rings. The molecular weight excluding hydrogens is 501 g/mol. The number of hydrogen-bond donors (Lipinski definition) is 1. The number of piperidine rings is 1. The van der Waals surface area contributed by atoms with Gasteiger partial charge in [0.2, 0.25) is 10.0 Å². The fourth-order valence-electron chi connectivity index (χ4n) is 6.36. The first-order chi connectivity index (χ1) is 17.6. The number of alkyl halides is 3. The maximum atomic E-state index is 12.7. The largest absolute Gasteiger partial charge is 0.404 e. The summed E-state index contributed by atoms with van der Waals surface area (Å²) in [7, 11) is -4.45. The highest BCUT2D eigenvalue weighted by atomic mass is 32.2. The quantitative estimate of drug-likeness (QED) is 0.412. The number of para-hydroxylation sites is 2. The van der Waals surface area contributed by atoms with Gasteiger partial charge >= 0.3 is 6.18 Å². The molecular formula is C27H33F3N4O2S. The molecule has 0 saturated carbocycles. The van der Waals surface area contributed by atoms with Gasteiger partial charge in [-0.1, -0.05) is 42.5 Å². The van der Waals surface area contributed by atoms with Crippen molar-refractivity contribution in [3.8, 4) is 0 Å². The van der Waals surface area contributed by atoms with Crippen LogP contribution < -0.4 is 4.72 Å². The van der Waals surface area contributed by atoms with Crippen LogP contribution in [0, 0.1) is 6.92 Å². The molecule has 4 atom stereocenters. The van der Waals surface area contributed by atoms with Crippen LogP contribution in [0.2, 0.25) is 0 Å². The Labute approximate surface area is 215 Å². The summed E-state index contributed by atoms with van der Waals surface area (Å²) in [5.41, 5.74) is 3.13. The zero-order chi connectivity index (χ0) is 26.2. The van der Waals surface area contributed by atoms with E-state index < -0.39 is 22.0 Å². The third-order valence-electron chi connectivity index (χ3n) is 7.91. The van der Waals surface area contributed by atoms with Crippen LogP contribution >= 0.6 is 0 Å². The Hall–Kier alpha value is -2.43. The van der Waals surface area contributed by atoms with E-state index in [-0.39, 0.29) is 12.5 Å². The third-order valence-corrected chi connectivity index (χ3v) is 9.22. The van der Waals surface area contributed by atoms with Crippen molar-refractivity contribution in [3.05, 3.63) is 66.0 Å². The minimum atomic E-state index is -4.77. The molecule has 1 unspecified atom stereocenters. The van der Waals surface area contributed by atoms with Gasteiger partial charge in [-0.2, -0.15) is 13.2 Å². The summed E-state index contributed by atoms with van der Waals surface area (Å²) in [5.74, 6) is -1.03. The monoisotopic (exact) mass is 534 g/mol. The lowest BCUT2D eigenvalue weighted by Gasteiger charge is -2.40. The molecule has 37 heavy (non-hydrogen) atoms. The summed E-state index contributed by atoms with van der Waals surface area (Å²) in [5, 5.41) is 0. The Balaban J connectivity index is 1.26. The van der Waals surface area contributed by atoms with Gasteiger partial charge in [0, 0.05) is 24.7 Å². The zero-order valence-electron chi connectivity index (χ0n) is 20.9. The number of nitrogens with one attached hydrogen (secondary N) is 1. The number of rotatable bonds is 9. The smallest absolute Gasteiger partial charge is 0.325 e. The first-order valence-corrected chi connectivity index (χ1v) is 14.5. The highest BCUT2D eigenvalue weighted by molar-refractivity contribution is 7.89. The Morgan fingerprint density at radius 3 is 2.32 bits per heavy atom.